The number of hydrogen-bond donors (Lipinski definition) is 1. The van der Waals surface area contributed by atoms with Gasteiger partial charge in [0.15, 0.2) is 0 Å². The Balaban J connectivity index is 2.11. The van der Waals surface area contributed by atoms with E-state index in [9.17, 15) is 13.2 Å². The summed E-state index contributed by atoms with van der Waals surface area (Å²) >= 11 is 0. The lowest BCUT2D eigenvalue weighted by Gasteiger charge is -2.15. The van der Waals surface area contributed by atoms with E-state index in [0.717, 1.165) is 31.4 Å². The highest BCUT2D eigenvalue weighted by Crippen LogP contribution is 2.31. The van der Waals surface area contributed by atoms with Crippen molar-refractivity contribution in [2.24, 2.45) is 11.7 Å². The maximum atomic E-state index is 12.5. The van der Waals surface area contributed by atoms with Gasteiger partial charge in [0.05, 0.1) is 5.56 Å². The number of nitrogens with zero attached hydrogens (tertiary/aromatic N) is 1. The zero-order chi connectivity index (χ0) is 12.5. The van der Waals surface area contributed by atoms with Gasteiger partial charge in [-0.05, 0) is 37.3 Å². The van der Waals surface area contributed by atoms with E-state index in [2.05, 4.69) is 4.98 Å². The first kappa shape index (κ1) is 12.4. The van der Waals surface area contributed by atoms with Gasteiger partial charge in [0, 0.05) is 17.9 Å². The lowest BCUT2D eigenvalue weighted by molar-refractivity contribution is -0.137. The second-order valence-corrected chi connectivity index (χ2v) is 4.59. The molecule has 0 unspecified atom stereocenters. The third kappa shape index (κ3) is 2.97. The van der Waals surface area contributed by atoms with E-state index >= 15 is 0 Å². The first-order valence-electron chi connectivity index (χ1n) is 5.74. The molecule has 17 heavy (non-hydrogen) atoms. The Labute approximate surface area is 98.0 Å². The van der Waals surface area contributed by atoms with Crippen LogP contribution in [-0.4, -0.2) is 11.0 Å². The average molecular weight is 244 g/mol. The molecular weight excluding hydrogens is 229 g/mol. The molecule has 1 fully saturated rings. The lowest BCUT2D eigenvalue weighted by atomic mass is 9.97. The van der Waals surface area contributed by atoms with Crippen LogP contribution in [0.5, 0.6) is 0 Å². The second kappa shape index (κ2) is 4.64. The quantitative estimate of drug-likeness (QED) is 0.868. The van der Waals surface area contributed by atoms with Gasteiger partial charge in [-0.2, -0.15) is 13.2 Å². The fourth-order valence-corrected chi connectivity index (χ4v) is 2.35. The maximum absolute atomic E-state index is 12.5. The number of pyridine rings is 1. The Kier molecular flexibility index (Phi) is 3.38. The lowest BCUT2D eigenvalue weighted by Crippen LogP contribution is -2.26. The zero-order valence-electron chi connectivity index (χ0n) is 9.37. The van der Waals surface area contributed by atoms with E-state index in [4.69, 9.17) is 5.73 Å². The number of alkyl halides is 3. The van der Waals surface area contributed by atoms with Crippen molar-refractivity contribution in [1.82, 2.24) is 4.98 Å². The minimum atomic E-state index is -4.30. The van der Waals surface area contributed by atoms with Gasteiger partial charge in [-0.25, -0.2) is 0 Å². The molecular formula is C12H15F3N2. The SMILES string of the molecule is N[C@@H]1CCC[C@@H]1Cc1cc(C(F)(F)F)ccn1. The predicted molar refractivity (Wildman–Crippen MR) is 58.3 cm³/mol. The Hall–Kier alpha value is -1.10. The molecule has 0 spiro atoms. The molecule has 1 aliphatic rings. The highest BCUT2D eigenvalue weighted by Gasteiger charge is 2.31. The van der Waals surface area contributed by atoms with Crippen molar-refractivity contribution in [2.45, 2.75) is 37.9 Å². The monoisotopic (exact) mass is 244 g/mol. The fourth-order valence-electron chi connectivity index (χ4n) is 2.35. The van der Waals surface area contributed by atoms with Crippen LogP contribution in [0.4, 0.5) is 13.2 Å². The minimum Gasteiger partial charge on any atom is -0.327 e. The molecule has 0 bridgehead atoms. The molecule has 1 saturated carbocycles. The van der Waals surface area contributed by atoms with Crippen LogP contribution in [0.25, 0.3) is 0 Å². The largest absolute Gasteiger partial charge is 0.416 e. The van der Waals surface area contributed by atoms with Crippen molar-refractivity contribution in [3.05, 3.63) is 29.6 Å². The summed E-state index contributed by atoms with van der Waals surface area (Å²) in [6.45, 7) is 0. The van der Waals surface area contributed by atoms with E-state index in [1.54, 1.807) is 0 Å². The van der Waals surface area contributed by atoms with Gasteiger partial charge in [0.1, 0.15) is 0 Å². The van der Waals surface area contributed by atoms with Crippen molar-refractivity contribution in [3.63, 3.8) is 0 Å². The summed E-state index contributed by atoms with van der Waals surface area (Å²) in [7, 11) is 0. The van der Waals surface area contributed by atoms with Crippen LogP contribution >= 0.6 is 0 Å². The van der Waals surface area contributed by atoms with Gasteiger partial charge in [-0.15, -0.1) is 0 Å². The van der Waals surface area contributed by atoms with Crippen LogP contribution in [0.1, 0.15) is 30.5 Å². The van der Waals surface area contributed by atoms with Crippen molar-refractivity contribution < 1.29 is 13.2 Å². The highest BCUT2D eigenvalue weighted by atomic mass is 19.4. The summed E-state index contributed by atoms with van der Waals surface area (Å²) in [5, 5.41) is 0. The number of hydrogen-bond acceptors (Lipinski definition) is 2. The molecule has 1 aromatic rings. The van der Waals surface area contributed by atoms with Crippen LogP contribution < -0.4 is 5.73 Å². The topological polar surface area (TPSA) is 38.9 Å². The Morgan fingerprint density at radius 1 is 1.35 bits per heavy atom. The van der Waals surface area contributed by atoms with Crippen molar-refractivity contribution >= 4 is 0 Å². The standard InChI is InChI=1S/C12H15F3N2/c13-12(14,15)9-4-5-17-10(7-9)6-8-2-1-3-11(8)16/h4-5,7-8,11H,1-3,6,16H2/t8-,11-/m1/s1. The molecule has 2 atom stereocenters. The molecule has 0 aliphatic heterocycles. The highest BCUT2D eigenvalue weighted by molar-refractivity contribution is 5.20. The Morgan fingerprint density at radius 2 is 2.12 bits per heavy atom. The third-order valence-corrected chi connectivity index (χ3v) is 3.33. The molecule has 1 aromatic heterocycles. The molecule has 0 amide bonds. The maximum Gasteiger partial charge on any atom is 0.416 e. The fraction of sp³-hybridized carbons (Fsp3) is 0.583. The molecule has 0 aromatic carbocycles. The van der Waals surface area contributed by atoms with Crippen molar-refractivity contribution in [2.75, 3.05) is 0 Å². The van der Waals surface area contributed by atoms with Gasteiger partial charge < -0.3 is 5.73 Å². The van der Waals surface area contributed by atoms with Crippen LogP contribution in [0.2, 0.25) is 0 Å². The normalized spacial score (nSPS) is 25.2. The summed E-state index contributed by atoms with van der Waals surface area (Å²) < 4.78 is 37.5. The van der Waals surface area contributed by atoms with Crippen molar-refractivity contribution in [3.8, 4) is 0 Å². The predicted octanol–water partition coefficient (Wildman–Crippen LogP) is 2.77. The molecule has 5 heteroatoms. The van der Waals surface area contributed by atoms with Gasteiger partial charge >= 0.3 is 6.18 Å². The molecule has 2 nitrogen and oxygen atoms in total. The van der Waals surface area contributed by atoms with Crippen LogP contribution in [0, 0.1) is 5.92 Å². The number of aromatic nitrogens is 1. The van der Waals surface area contributed by atoms with Gasteiger partial charge in [-0.3, -0.25) is 4.98 Å². The van der Waals surface area contributed by atoms with E-state index in [1.807, 2.05) is 0 Å². The van der Waals surface area contributed by atoms with Crippen LogP contribution in [-0.2, 0) is 12.6 Å². The molecule has 2 rings (SSSR count). The second-order valence-electron chi connectivity index (χ2n) is 4.59. The molecule has 1 aliphatic carbocycles. The Bertz CT molecular complexity index is 390. The third-order valence-electron chi connectivity index (χ3n) is 3.33. The average Bonchev–Trinajstić information content (AvgIpc) is 2.64. The first-order valence-corrected chi connectivity index (χ1v) is 5.74. The molecule has 0 radical (unpaired) electrons. The van der Waals surface area contributed by atoms with E-state index in [-0.39, 0.29) is 12.0 Å². The number of nitrogens with two attached hydrogens (primary N) is 1. The van der Waals surface area contributed by atoms with E-state index in [0.29, 0.717) is 12.1 Å². The van der Waals surface area contributed by atoms with E-state index < -0.39 is 11.7 Å². The molecule has 2 N–H and O–H groups in total. The molecule has 1 heterocycles. The molecule has 0 saturated heterocycles. The summed E-state index contributed by atoms with van der Waals surface area (Å²) in [5.41, 5.74) is 5.76. The minimum absolute atomic E-state index is 0.103. The van der Waals surface area contributed by atoms with Gasteiger partial charge in [-0.1, -0.05) is 6.42 Å². The summed E-state index contributed by atoms with van der Waals surface area (Å²) in [6.07, 6.45) is 0.479. The van der Waals surface area contributed by atoms with Crippen molar-refractivity contribution in [1.29, 1.82) is 0 Å². The van der Waals surface area contributed by atoms with Gasteiger partial charge in [0.25, 0.3) is 0 Å². The Morgan fingerprint density at radius 3 is 2.71 bits per heavy atom. The van der Waals surface area contributed by atoms with Crippen LogP contribution in [0.15, 0.2) is 18.3 Å². The first-order chi connectivity index (χ1) is 7.97. The molecule has 94 valence electrons. The van der Waals surface area contributed by atoms with Gasteiger partial charge in [0.2, 0.25) is 0 Å². The summed E-state index contributed by atoms with van der Waals surface area (Å²) in [4.78, 5) is 4.00. The summed E-state index contributed by atoms with van der Waals surface area (Å²) in [6, 6.07) is 2.23. The summed E-state index contributed by atoms with van der Waals surface area (Å²) in [5.74, 6) is 0.269. The zero-order valence-corrected chi connectivity index (χ0v) is 9.37. The smallest absolute Gasteiger partial charge is 0.327 e. The number of rotatable bonds is 2. The number of halogens is 3. The van der Waals surface area contributed by atoms with E-state index in [1.165, 1.54) is 6.20 Å². The van der Waals surface area contributed by atoms with Crippen LogP contribution in [0.3, 0.4) is 0 Å².